The van der Waals surface area contributed by atoms with E-state index >= 15 is 8.78 Å². The van der Waals surface area contributed by atoms with E-state index in [-0.39, 0.29) is 34.9 Å². The molecule has 0 bridgehead atoms. The van der Waals surface area contributed by atoms with Gasteiger partial charge in [0, 0.05) is 23.3 Å². The number of urea groups is 1. The van der Waals surface area contributed by atoms with E-state index in [0.717, 1.165) is 13.8 Å². The third kappa shape index (κ3) is 6.14. The number of imidazole rings is 1. The number of hydrogen-bond donors (Lipinski definition) is 2. The van der Waals surface area contributed by atoms with Gasteiger partial charge in [-0.2, -0.15) is 18.3 Å². The number of methoxy groups -OCH3 is 2. The molecule has 0 spiro atoms. The van der Waals surface area contributed by atoms with Crippen molar-refractivity contribution in [1.82, 2.24) is 40.4 Å². The Morgan fingerprint density at radius 2 is 1.85 bits per heavy atom. The lowest BCUT2D eigenvalue weighted by atomic mass is 9.43. The molecule has 4 heterocycles. The highest BCUT2D eigenvalue weighted by Gasteiger charge is 2.64. The molecule has 0 unspecified atom stereocenters. The van der Waals surface area contributed by atoms with E-state index in [1.165, 1.54) is 37.2 Å². The summed E-state index contributed by atoms with van der Waals surface area (Å²) in [6, 6.07) is -2.43. The third-order valence-corrected chi connectivity index (χ3v) is 7.69. The molecule has 2 atom stereocenters. The lowest BCUT2D eigenvalue weighted by Gasteiger charge is -2.58. The minimum absolute atomic E-state index is 0.0411. The van der Waals surface area contributed by atoms with Gasteiger partial charge < -0.3 is 25.0 Å². The zero-order valence-corrected chi connectivity index (χ0v) is 24.9. The van der Waals surface area contributed by atoms with Crippen molar-refractivity contribution in [3.8, 4) is 5.88 Å². The van der Waals surface area contributed by atoms with Crippen LogP contribution in [0, 0.1) is 5.41 Å². The van der Waals surface area contributed by atoms with Gasteiger partial charge in [-0.05, 0) is 29.2 Å². The Labute approximate surface area is 264 Å². The molecule has 0 saturated carbocycles. The Balaban J connectivity index is 1.72. The van der Waals surface area contributed by atoms with E-state index < -0.39 is 65.2 Å². The second-order valence-electron chi connectivity index (χ2n) is 11.4. The number of halogens is 5. The maximum Gasteiger partial charge on any atom is 0.393 e. The summed E-state index contributed by atoms with van der Waals surface area (Å²) >= 11 is 0. The molecule has 3 aromatic heterocycles. The van der Waals surface area contributed by atoms with E-state index in [1.807, 2.05) is 0 Å². The average molecular weight is 644 g/mol. The SMILES string of the molecule is [B]C1([B])NC(=O)N([C@H](COC)c2cnn3cc([C@H](CCC(C)(C)C(F)(F)F)NC(=O)c4nonc4OC)nc3c2)C([B])([B])C1(F)F. The summed E-state index contributed by atoms with van der Waals surface area (Å²) in [5, 5.41) is 9.14. The number of alkyl halides is 5. The Hall–Kier alpha value is -3.83. The Bertz CT molecular complexity index is 1600. The number of ether oxygens (including phenoxy) is 2. The molecule has 1 fully saturated rings. The zero-order chi connectivity index (χ0) is 34.5. The normalized spacial score (nSPS) is 19.0. The Morgan fingerprint density at radius 1 is 1.17 bits per heavy atom. The standard InChI is InChI=1S/C24H25B4F5N8O5/c1-20(2,24(31,32)33)6-5-12(36-17(42)16-18(45-4)39-46-38-16)13-9-40-15(35-13)7-11(8-34-40)14(10-44-3)41-19(43)37-22(25,26)21(29,30)23(41,27)28/h7-9,12,14H,5-6,10H2,1-4H3,(H,36,42)(H,37,43)/t12-,14+/m0/s1. The average Bonchev–Trinajstić information content (AvgIpc) is 3.60. The van der Waals surface area contributed by atoms with Gasteiger partial charge in [0.05, 0.1) is 80.7 Å². The number of nitrogens with one attached hydrogen (secondary N) is 2. The van der Waals surface area contributed by atoms with Crippen LogP contribution in [0.25, 0.3) is 5.65 Å². The van der Waals surface area contributed by atoms with Crippen LogP contribution < -0.4 is 15.4 Å². The summed E-state index contributed by atoms with van der Waals surface area (Å²) in [5.41, 5.74) is -2.33. The second-order valence-corrected chi connectivity index (χ2v) is 11.4. The van der Waals surface area contributed by atoms with Crippen molar-refractivity contribution in [2.75, 3.05) is 20.8 Å². The number of nitrogens with zero attached hydrogens (tertiary/aromatic N) is 6. The molecule has 13 nitrogen and oxygen atoms in total. The first kappa shape index (κ1) is 35.0. The quantitative estimate of drug-likeness (QED) is 0.233. The van der Waals surface area contributed by atoms with Gasteiger partial charge in [0.2, 0.25) is 5.69 Å². The predicted octanol–water partition coefficient (Wildman–Crippen LogP) is 1.29. The van der Waals surface area contributed by atoms with E-state index in [1.54, 1.807) is 5.32 Å². The molecular formula is C24H25B4F5N8O5. The minimum Gasteiger partial charge on any atom is -0.477 e. The molecule has 2 N–H and O–H groups in total. The first-order chi connectivity index (χ1) is 21.2. The summed E-state index contributed by atoms with van der Waals surface area (Å²) in [6.45, 7) is 1.61. The van der Waals surface area contributed by atoms with E-state index in [2.05, 4.69) is 30.3 Å². The van der Waals surface area contributed by atoms with Crippen molar-refractivity contribution in [3.05, 3.63) is 35.4 Å². The van der Waals surface area contributed by atoms with Crippen molar-refractivity contribution >= 4 is 49.0 Å². The molecule has 0 aliphatic carbocycles. The predicted molar refractivity (Wildman–Crippen MR) is 152 cm³/mol. The fourth-order valence-electron chi connectivity index (χ4n) is 4.72. The summed E-state index contributed by atoms with van der Waals surface area (Å²) < 4.78 is 87.1. The van der Waals surface area contributed by atoms with Gasteiger partial charge in [-0.3, -0.25) is 4.79 Å². The summed E-state index contributed by atoms with van der Waals surface area (Å²) in [7, 11) is 24.8. The number of fused-ring (bicyclic) bond motifs is 1. The van der Waals surface area contributed by atoms with Crippen LogP contribution in [-0.2, 0) is 4.74 Å². The molecule has 0 aromatic carbocycles. The summed E-state index contributed by atoms with van der Waals surface area (Å²) in [5.74, 6) is -5.41. The van der Waals surface area contributed by atoms with Crippen LogP contribution in [0.15, 0.2) is 23.1 Å². The molecule has 4 rings (SSSR count). The van der Waals surface area contributed by atoms with Gasteiger partial charge in [0.25, 0.3) is 17.7 Å². The smallest absolute Gasteiger partial charge is 0.393 e. The van der Waals surface area contributed by atoms with Crippen molar-refractivity contribution in [1.29, 1.82) is 0 Å². The topological polar surface area (TPSA) is 149 Å². The minimum atomic E-state index is -4.56. The lowest BCUT2D eigenvalue weighted by molar-refractivity contribution is -0.214. The van der Waals surface area contributed by atoms with Crippen molar-refractivity contribution in [3.63, 3.8) is 0 Å². The van der Waals surface area contributed by atoms with Crippen LogP contribution in [0.5, 0.6) is 5.88 Å². The van der Waals surface area contributed by atoms with Crippen LogP contribution in [-0.4, -0.2) is 117 Å². The van der Waals surface area contributed by atoms with Gasteiger partial charge >= 0.3 is 12.2 Å². The first-order valence-electron chi connectivity index (χ1n) is 13.4. The van der Waals surface area contributed by atoms with E-state index in [4.69, 9.17) is 40.9 Å². The number of carbonyl (C=O) groups is 2. The molecule has 1 saturated heterocycles. The van der Waals surface area contributed by atoms with Gasteiger partial charge in [-0.15, -0.1) is 0 Å². The molecule has 1 aliphatic rings. The number of carbonyl (C=O) groups excluding carboxylic acids is 2. The Morgan fingerprint density at radius 3 is 2.46 bits per heavy atom. The lowest BCUT2D eigenvalue weighted by Crippen LogP contribution is -2.83. The highest BCUT2D eigenvalue weighted by Crippen LogP contribution is 2.44. The Kier molecular flexibility index (Phi) is 9.20. The van der Waals surface area contributed by atoms with E-state index in [9.17, 15) is 22.8 Å². The summed E-state index contributed by atoms with van der Waals surface area (Å²) in [6.07, 6.45) is -2.72. The van der Waals surface area contributed by atoms with Crippen LogP contribution in [0.4, 0.5) is 26.7 Å². The highest BCUT2D eigenvalue weighted by molar-refractivity contribution is 6.48. The number of aromatic nitrogens is 5. The maximum absolute atomic E-state index is 15.2. The zero-order valence-electron chi connectivity index (χ0n) is 24.9. The molecule has 3 aromatic rings. The third-order valence-electron chi connectivity index (χ3n) is 7.69. The molecular weight excluding hydrogens is 619 g/mol. The van der Waals surface area contributed by atoms with Gasteiger partial charge in [0.15, 0.2) is 5.65 Å². The first-order valence-corrected chi connectivity index (χ1v) is 13.4. The monoisotopic (exact) mass is 644 g/mol. The number of amides is 3. The highest BCUT2D eigenvalue weighted by atomic mass is 19.4. The van der Waals surface area contributed by atoms with E-state index in [0.29, 0.717) is 4.90 Å². The van der Waals surface area contributed by atoms with Crippen LogP contribution in [0.3, 0.4) is 0 Å². The molecule has 1 aliphatic heterocycles. The van der Waals surface area contributed by atoms with Gasteiger partial charge in [0.1, 0.15) is 0 Å². The maximum atomic E-state index is 15.2. The van der Waals surface area contributed by atoms with Crippen LogP contribution >= 0.6 is 0 Å². The van der Waals surface area contributed by atoms with Gasteiger partial charge in [-0.1, -0.05) is 13.8 Å². The number of rotatable bonds is 11. The molecule has 46 heavy (non-hydrogen) atoms. The van der Waals surface area contributed by atoms with Gasteiger partial charge in [-0.25, -0.2) is 27.7 Å². The van der Waals surface area contributed by atoms with Crippen molar-refractivity contribution in [2.45, 2.75) is 61.5 Å². The molecule has 8 radical (unpaired) electrons. The fraction of sp³-hybridized carbons (Fsp3) is 0.583. The van der Waals surface area contributed by atoms with Crippen molar-refractivity contribution < 1.29 is 45.6 Å². The molecule has 238 valence electrons. The molecule has 22 heteroatoms. The van der Waals surface area contributed by atoms with Crippen LogP contribution in [0.1, 0.15) is 60.5 Å². The second kappa shape index (κ2) is 12.1. The largest absolute Gasteiger partial charge is 0.477 e. The summed E-state index contributed by atoms with van der Waals surface area (Å²) in [4.78, 5) is 30.8. The van der Waals surface area contributed by atoms with Crippen LogP contribution in [0.2, 0.25) is 0 Å². The molecule has 3 amide bonds. The van der Waals surface area contributed by atoms with Crippen molar-refractivity contribution in [2.24, 2.45) is 5.41 Å². The number of hydrogen-bond acceptors (Lipinski definition) is 9. The fourth-order valence-corrected chi connectivity index (χ4v) is 4.72.